The minimum absolute atomic E-state index is 0.0695. The molecule has 5 heteroatoms. The van der Waals surface area contributed by atoms with E-state index in [1.54, 1.807) is 0 Å². The summed E-state index contributed by atoms with van der Waals surface area (Å²) in [4.78, 5) is 11.5. The van der Waals surface area contributed by atoms with E-state index in [4.69, 9.17) is 15.6 Å². The van der Waals surface area contributed by atoms with Gasteiger partial charge >= 0.3 is 5.97 Å². The van der Waals surface area contributed by atoms with Gasteiger partial charge in [0, 0.05) is 0 Å². The van der Waals surface area contributed by atoms with Crippen molar-refractivity contribution in [2.75, 3.05) is 6.61 Å². The molecule has 1 atom stereocenters. The molecular weight excluding hydrogens is 234 g/mol. The summed E-state index contributed by atoms with van der Waals surface area (Å²) in [5, 5.41) is 19.1. The molecule has 0 aromatic heterocycles. The van der Waals surface area contributed by atoms with Gasteiger partial charge in [0.15, 0.2) is 0 Å². The Morgan fingerprint density at radius 1 is 1.39 bits per heavy atom. The number of unbranched alkanes of at least 4 members (excludes halogenated alkanes) is 1. The van der Waals surface area contributed by atoms with Gasteiger partial charge in [-0.2, -0.15) is 0 Å². The standard InChI is InChI=1S/C13H19NO4/c1-2-3-8-18-12(16)9-13(14,17)10-4-6-11(15)7-5-10/h4-7,15,17H,2-3,8-9,14H2,1H3/t13-/m0/s1. The molecule has 18 heavy (non-hydrogen) atoms. The number of benzene rings is 1. The molecule has 0 fully saturated rings. The molecule has 0 aliphatic heterocycles. The number of phenols is 1. The Morgan fingerprint density at radius 2 is 2.00 bits per heavy atom. The van der Waals surface area contributed by atoms with E-state index in [1.165, 1.54) is 24.3 Å². The number of ether oxygens (including phenoxy) is 1. The highest BCUT2D eigenvalue weighted by Gasteiger charge is 2.28. The summed E-state index contributed by atoms with van der Waals surface area (Å²) in [6.07, 6.45) is 1.40. The minimum atomic E-state index is -1.78. The molecule has 100 valence electrons. The number of hydrogen-bond acceptors (Lipinski definition) is 5. The number of rotatable bonds is 6. The molecule has 0 aliphatic carbocycles. The summed E-state index contributed by atoms with van der Waals surface area (Å²) >= 11 is 0. The molecule has 1 aromatic carbocycles. The molecular formula is C13H19NO4. The van der Waals surface area contributed by atoms with Gasteiger partial charge in [-0.05, 0) is 24.1 Å². The molecule has 0 bridgehead atoms. The Hall–Kier alpha value is -1.59. The van der Waals surface area contributed by atoms with E-state index in [0.29, 0.717) is 12.2 Å². The first-order valence-electron chi connectivity index (χ1n) is 5.92. The van der Waals surface area contributed by atoms with Crippen LogP contribution in [0.5, 0.6) is 5.75 Å². The van der Waals surface area contributed by atoms with Gasteiger partial charge in [0.25, 0.3) is 0 Å². The van der Waals surface area contributed by atoms with Crippen LogP contribution in [0.15, 0.2) is 24.3 Å². The van der Waals surface area contributed by atoms with E-state index >= 15 is 0 Å². The van der Waals surface area contributed by atoms with Crippen molar-refractivity contribution < 1.29 is 19.7 Å². The van der Waals surface area contributed by atoms with Crippen LogP contribution < -0.4 is 5.73 Å². The zero-order valence-corrected chi connectivity index (χ0v) is 10.4. The van der Waals surface area contributed by atoms with Crippen molar-refractivity contribution in [3.8, 4) is 5.75 Å². The quantitative estimate of drug-likeness (QED) is 0.403. The Bertz CT molecular complexity index is 386. The second-order valence-corrected chi connectivity index (χ2v) is 4.22. The van der Waals surface area contributed by atoms with Crippen molar-refractivity contribution in [3.63, 3.8) is 0 Å². The Morgan fingerprint density at radius 3 is 2.56 bits per heavy atom. The monoisotopic (exact) mass is 253 g/mol. The van der Waals surface area contributed by atoms with Crippen LogP contribution >= 0.6 is 0 Å². The second-order valence-electron chi connectivity index (χ2n) is 4.22. The molecule has 0 radical (unpaired) electrons. The van der Waals surface area contributed by atoms with Crippen LogP contribution in [0, 0.1) is 0 Å². The first-order chi connectivity index (χ1) is 8.45. The zero-order valence-electron chi connectivity index (χ0n) is 10.4. The topological polar surface area (TPSA) is 92.8 Å². The van der Waals surface area contributed by atoms with E-state index in [2.05, 4.69) is 0 Å². The molecule has 0 saturated heterocycles. The summed E-state index contributed by atoms with van der Waals surface area (Å²) in [5.74, 6) is -0.471. The maximum atomic E-state index is 11.5. The van der Waals surface area contributed by atoms with Gasteiger partial charge in [0.1, 0.15) is 11.5 Å². The molecule has 0 unspecified atom stereocenters. The zero-order chi connectivity index (χ0) is 13.6. The highest BCUT2D eigenvalue weighted by molar-refractivity contribution is 5.71. The number of aromatic hydroxyl groups is 1. The van der Waals surface area contributed by atoms with Gasteiger partial charge < -0.3 is 14.9 Å². The summed E-state index contributed by atoms with van der Waals surface area (Å²) in [5.41, 5.74) is 4.24. The minimum Gasteiger partial charge on any atom is -0.508 e. The molecule has 5 nitrogen and oxygen atoms in total. The van der Waals surface area contributed by atoms with E-state index in [1.807, 2.05) is 6.92 Å². The van der Waals surface area contributed by atoms with Gasteiger partial charge in [-0.1, -0.05) is 25.5 Å². The number of phenolic OH excluding ortho intramolecular Hbond substituents is 1. The lowest BCUT2D eigenvalue weighted by Crippen LogP contribution is -2.39. The summed E-state index contributed by atoms with van der Waals surface area (Å²) in [6.45, 7) is 2.32. The van der Waals surface area contributed by atoms with E-state index < -0.39 is 11.7 Å². The van der Waals surface area contributed by atoms with Crippen LogP contribution in [0.4, 0.5) is 0 Å². The SMILES string of the molecule is CCCCOC(=O)C[C@](N)(O)c1ccc(O)cc1. The third kappa shape index (κ3) is 4.35. The molecule has 1 aromatic rings. The third-order valence-corrected chi connectivity index (χ3v) is 2.54. The predicted octanol–water partition coefficient (Wildman–Crippen LogP) is 1.23. The normalized spacial score (nSPS) is 13.9. The van der Waals surface area contributed by atoms with Crippen molar-refractivity contribution >= 4 is 5.97 Å². The van der Waals surface area contributed by atoms with Gasteiger partial charge in [0.05, 0.1) is 13.0 Å². The van der Waals surface area contributed by atoms with Crippen LogP contribution in [0.2, 0.25) is 0 Å². The molecule has 0 heterocycles. The number of carbonyl (C=O) groups excluding carboxylic acids is 1. The molecule has 1 rings (SSSR count). The highest BCUT2D eigenvalue weighted by atomic mass is 16.5. The molecule has 0 aliphatic rings. The predicted molar refractivity (Wildman–Crippen MR) is 66.7 cm³/mol. The Labute approximate surface area is 106 Å². The Balaban J connectivity index is 2.58. The highest BCUT2D eigenvalue weighted by Crippen LogP contribution is 2.21. The average Bonchev–Trinajstić information content (AvgIpc) is 2.29. The number of hydrogen-bond donors (Lipinski definition) is 3. The lowest BCUT2D eigenvalue weighted by atomic mass is 10.0. The summed E-state index contributed by atoms with van der Waals surface area (Å²) < 4.78 is 4.94. The van der Waals surface area contributed by atoms with Crippen LogP contribution in [0.3, 0.4) is 0 Å². The summed E-state index contributed by atoms with van der Waals surface area (Å²) in [6, 6.07) is 5.73. The number of carbonyl (C=O) groups is 1. The fourth-order valence-electron chi connectivity index (χ4n) is 1.45. The average molecular weight is 253 g/mol. The smallest absolute Gasteiger partial charge is 0.310 e. The fraction of sp³-hybridized carbons (Fsp3) is 0.462. The first-order valence-corrected chi connectivity index (χ1v) is 5.92. The molecule has 0 spiro atoms. The van der Waals surface area contributed by atoms with Gasteiger partial charge in [-0.25, -0.2) is 0 Å². The lowest BCUT2D eigenvalue weighted by Gasteiger charge is -2.22. The van der Waals surface area contributed by atoms with Crippen LogP contribution in [-0.4, -0.2) is 22.8 Å². The number of aliphatic hydroxyl groups is 1. The maximum Gasteiger partial charge on any atom is 0.310 e. The molecule has 0 saturated carbocycles. The van der Waals surface area contributed by atoms with Crippen LogP contribution in [-0.2, 0) is 15.3 Å². The van der Waals surface area contributed by atoms with E-state index in [-0.39, 0.29) is 12.2 Å². The lowest BCUT2D eigenvalue weighted by molar-refractivity contribution is -0.149. The summed E-state index contributed by atoms with van der Waals surface area (Å²) in [7, 11) is 0. The number of esters is 1. The van der Waals surface area contributed by atoms with Crippen molar-refractivity contribution in [3.05, 3.63) is 29.8 Å². The van der Waals surface area contributed by atoms with Gasteiger partial charge in [-0.3, -0.25) is 10.5 Å². The van der Waals surface area contributed by atoms with E-state index in [0.717, 1.165) is 12.8 Å². The van der Waals surface area contributed by atoms with Gasteiger partial charge in [-0.15, -0.1) is 0 Å². The van der Waals surface area contributed by atoms with Crippen LogP contribution in [0.25, 0.3) is 0 Å². The molecule has 0 amide bonds. The van der Waals surface area contributed by atoms with Gasteiger partial charge in [0.2, 0.25) is 0 Å². The fourth-order valence-corrected chi connectivity index (χ4v) is 1.45. The molecule has 4 N–H and O–H groups in total. The van der Waals surface area contributed by atoms with E-state index in [9.17, 15) is 9.90 Å². The van der Waals surface area contributed by atoms with Crippen molar-refractivity contribution in [2.24, 2.45) is 5.73 Å². The third-order valence-electron chi connectivity index (χ3n) is 2.54. The maximum absolute atomic E-state index is 11.5. The van der Waals surface area contributed by atoms with Crippen molar-refractivity contribution in [2.45, 2.75) is 31.9 Å². The number of nitrogens with two attached hydrogens (primary N) is 1. The largest absolute Gasteiger partial charge is 0.508 e. The van der Waals surface area contributed by atoms with Crippen LogP contribution in [0.1, 0.15) is 31.7 Å². The van der Waals surface area contributed by atoms with Crippen molar-refractivity contribution in [1.29, 1.82) is 0 Å². The second kappa shape index (κ2) is 6.37. The Kier molecular flexibility index (Phi) is 5.12. The van der Waals surface area contributed by atoms with Crippen molar-refractivity contribution in [1.82, 2.24) is 0 Å². The first kappa shape index (κ1) is 14.5.